The summed E-state index contributed by atoms with van der Waals surface area (Å²) < 4.78 is 11.2. The third-order valence-electron chi connectivity index (χ3n) is 4.36. The van der Waals surface area contributed by atoms with Crippen LogP contribution in [0, 0.1) is 0 Å². The zero-order valence-corrected chi connectivity index (χ0v) is 16.5. The molecule has 0 saturated carbocycles. The molecule has 12 nitrogen and oxygen atoms in total. The molecule has 1 aliphatic rings. The molecule has 0 radical (unpaired) electrons. The number of benzene rings is 1. The van der Waals surface area contributed by atoms with Crippen LogP contribution in [0.2, 0.25) is 5.02 Å². The van der Waals surface area contributed by atoms with E-state index in [1.165, 1.54) is 10.9 Å². The summed E-state index contributed by atoms with van der Waals surface area (Å²) in [5, 5.41) is 20.0. The molecule has 30 heavy (non-hydrogen) atoms. The minimum Gasteiger partial charge on any atom is -0.379 e. The number of nitrogen functional groups attached to an aromatic ring is 1. The maximum Gasteiger partial charge on any atom is 0.292 e. The molecule has 0 unspecified atom stereocenters. The molecular formula is C17H18ClN9O3. The highest BCUT2D eigenvalue weighted by molar-refractivity contribution is 6.30. The number of carbonyl (C=O) groups is 1. The van der Waals surface area contributed by atoms with Gasteiger partial charge in [-0.3, -0.25) is 9.69 Å². The highest BCUT2D eigenvalue weighted by atomic mass is 35.5. The number of morpholine rings is 1. The first-order valence-electron chi connectivity index (χ1n) is 9.04. The Labute approximate surface area is 175 Å². The van der Waals surface area contributed by atoms with Crippen LogP contribution in [-0.2, 0) is 11.3 Å². The SMILES string of the molecule is Nc1nonc1-n1nnc(CN2CCOCC2)c1C(=O)NN=Cc1cccc(Cl)c1. The number of hydrazone groups is 1. The Morgan fingerprint density at radius 3 is 2.90 bits per heavy atom. The third-order valence-corrected chi connectivity index (χ3v) is 4.59. The van der Waals surface area contributed by atoms with E-state index in [0.29, 0.717) is 43.6 Å². The van der Waals surface area contributed by atoms with Gasteiger partial charge in [-0.15, -0.1) is 5.10 Å². The predicted molar refractivity (Wildman–Crippen MR) is 106 cm³/mol. The van der Waals surface area contributed by atoms with Gasteiger partial charge in [-0.1, -0.05) is 28.9 Å². The van der Waals surface area contributed by atoms with Crippen molar-refractivity contribution < 1.29 is 14.2 Å². The topological polar surface area (TPSA) is 150 Å². The fourth-order valence-corrected chi connectivity index (χ4v) is 3.11. The predicted octanol–water partition coefficient (Wildman–Crippen LogP) is 0.482. The number of hydrogen-bond acceptors (Lipinski definition) is 10. The summed E-state index contributed by atoms with van der Waals surface area (Å²) in [4.78, 5) is 15.0. The maximum absolute atomic E-state index is 12.9. The van der Waals surface area contributed by atoms with Gasteiger partial charge < -0.3 is 10.5 Å². The van der Waals surface area contributed by atoms with E-state index < -0.39 is 5.91 Å². The van der Waals surface area contributed by atoms with Gasteiger partial charge in [0.2, 0.25) is 11.6 Å². The lowest BCUT2D eigenvalue weighted by Crippen LogP contribution is -2.36. The number of aromatic nitrogens is 5. The van der Waals surface area contributed by atoms with E-state index in [9.17, 15) is 4.79 Å². The summed E-state index contributed by atoms with van der Waals surface area (Å²) in [6.07, 6.45) is 1.48. The van der Waals surface area contributed by atoms with E-state index in [1.54, 1.807) is 24.3 Å². The Bertz CT molecular complexity index is 1060. The number of halogens is 1. The number of carbonyl (C=O) groups excluding carboxylic acids is 1. The molecule has 1 saturated heterocycles. The van der Waals surface area contributed by atoms with Crippen molar-refractivity contribution >= 4 is 29.5 Å². The average Bonchev–Trinajstić information content (AvgIpc) is 3.34. The lowest BCUT2D eigenvalue weighted by atomic mass is 10.2. The zero-order valence-electron chi connectivity index (χ0n) is 15.7. The van der Waals surface area contributed by atoms with Crippen LogP contribution in [0.3, 0.4) is 0 Å². The van der Waals surface area contributed by atoms with Gasteiger partial charge in [-0.2, -0.15) is 9.78 Å². The monoisotopic (exact) mass is 431 g/mol. The van der Waals surface area contributed by atoms with Gasteiger partial charge in [0, 0.05) is 24.7 Å². The largest absolute Gasteiger partial charge is 0.379 e. The highest BCUT2D eigenvalue weighted by Crippen LogP contribution is 2.17. The quantitative estimate of drug-likeness (QED) is 0.419. The van der Waals surface area contributed by atoms with Crippen molar-refractivity contribution in [2.75, 3.05) is 32.0 Å². The van der Waals surface area contributed by atoms with Crippen LogP contribution >= 0.6 is 11.6 Å². The van der Waals surface area contributed by atoms with Crippen LogP contribution in [0.1, 0.15) is 21.7 Å². The van der Waals surface area contributed by atoms with Gasteiger partial charge >= 0.3 is 0 Å². The number of nitrogens with one attached hydrogen (secondary N) is 1. The van der Waals surface area contributed by atoms with E-state index in [2.05, 4.69) is 40.7 Å². The Morgan fingerprint density at radius 2 is 2.17 bits per heavy atom. The summed E-state index contributed by atoms with van der Waals surface area (Å²) in [5.74, 6) is -0.488. The zero-order chi connectivity index (χ0) is 20.9. The lowest BCUT2D eigenvalue weighted by Gasteiger charge is -2.25. The molecule has 1 aromatic carbocycles. The van der Waals surface area contributed by atoms with Gasteiger partial charge in [0.15, 0.2) is 5.69 Å². The second-order valence-corrected chi connectivity index (χ2v) is 6.85. The van der Waals surface area contributed by atoms with Crippen molar-refractivity contribution in [1.82, 2.24) is 35.6 Å². The molecule has 1 fully saturated rings. The molecule has 0 bridgehead atoms. The van der Waals surface area contributed by atoms with Crippen LogP contribution in [0.5, 0.6) is 0 Å². The molecule has 156 valence electrons. The van der Waals surface area contributed by atoms with Crippen molar-refractivity contribution in [3.63, 3.8) is 0 Å². The minimum absolute atomic E-state index is 0.0192. The Kier molecular flexibility index (Phi) is 5.97. The van der Waals surface area contributed by atoms with Crippen LogP contribution in [-0.4, -0.2) is 68.6 Å². The number of ether oxygens (including phenoxy) is 1. The van der Waals surface area contributed by atoms with Crippen molar-refractivity contribution in [2.45, 2.75) is 6.54 Å². The van der Waals surface area contributed by atoms with Gasteiger partial charge in [0.1, 0.15) is 5.69 Å². The second-order valence-electron chi connectivity index (χ2n) is 6.41. The van der Waals surface area contributed by atoms with E-state index in [1.807, 2.05) is 0 Å². The normalized spacial score (nSPS) is 15.0. The molecule has 3 heterocycles. The van der Waals surface area contributed by atoms with E-state index >= 15 is 0 Å². The standard InChI is InChI=1S/C17H18ClN9O3/c18-12-3-1-2-11(8-12)9-20-22-17(28)14-13(10-26-4-6-29-7-5-26)21-25-27(14)16-15(19)23-30-24-16/h1-3,8-9H,4-7,10H2,(H2,19,23)(H,22,28). The molecule has 1 aliphatic heterocycles. The van der Waals surface area contributed by atoms with Crippen molar-refractivity contribution in [3.8, 4) is 5.82 Å². The molecule has 4 rings (SSSR count). The van der Waals surface area contributed by atoms with E-state index in [0.717, 1.165) is 5.56 Å². The molecular weight excluding hydrogens is 414 g/mol. The number of hydrogen-bond donors (Lipinski definition) is 2. The van der Waals surface area contributed by atoms with Gasteiger partial charge in [-0.25, -0.2) is 10.1 Å². The summed E-state index contributed by atoms with van der Waals surface area (Å²) in [6, 6.07) is 7.05. The molecule has 0 spiro atoms. The number of rotatable bonds is 6. The Morgan fingerprint density at radius 1 is 1.33 bits per heavy atom. The van der Waals surface area contributed by atoms with Gasteiger partial charge in [-0.05, 0) is 28.0 Å². The number of nitrogens with zero attached hydrogens (tertiary/aromatic N) is 7. The number of nitrogens with two attached hydrogens (primary N) is 1. The fraction of sp³-hybridized carbons (Fsp3) is 0.294. The Hall–Kier alpha value is -3.35. The molecule has 0 atom stereocenters. The lowest BCUT2D eigenvalue weighted by molar-refractivity contribution is 0.0335. The number of anilines is 1. The van der Waals surface area contributed by atoms with Crippen molar-refractivity contribution in [3.05, 3.63) is 46.2 Å². The van der Waals surface area contributed by atoms with E-state index in [4.69, 9.17) is 22.1 Å². The summed E-state index contributed by atoms with van der Waals surface area (Å²) >= 11 is 5.96. The molecule has 1 amide bonds. The summed E-state index contributed by atoms with van der Waals surface area (Å²) in [5.41, 5.74) is 9.55. The molecule has 13 heteroatoms. The molecule has 2 aromatic heterocycles. The van der Waals surface area contributed by atoms with Crippen LogP contribution < -0.4 is 11.2 Å². The Balaban J connectivity index is 1.59. The van der Waals surface area contributed by atoms with Crippen molar-refractivity contribution in [2.24, 2.45) is 5.10 Å². The molecule has 0 aliphatic carbocycles. The smallest absolute Gasteiger partial charge is 0.292 e. The van der Waals surface area contributed by atoms with Crippen LogP contribution in [0.15, 0.2) is 34.0 Å². The minimum atomic E-state index is -0.538. The van der Waals surface area contributed by atoms with Gasteiger partial charge in [0.25, 0.3) is 5.91 Å². The number of amides is 1. The fourth-order valence-electron chi connectivity index (χ4n) is 2.91. The first kappa shape index (κ1) is 19.9. The first-order chi connectivity index (χ1) is 14.6. The second kappa shape index (κ2) is 8.98. The first-order valence-corrected chi connectivity index (χ1v) is 9.41. The molecule has 3 aromatic rings. The molecule has 3 N–H and O–H groups in total. The average molecular weight is 432 g/mol. The van der Waals surface area contributed by atoms with Crippen LogP contribution in [0.25, 0.3) is 5.82 Å². The van der Waals surface area contributed by atoms with Gasteiger partial charge in [0.05, 0.1) is 19.4 Å². The van der Waals surface area contributed by atoms with Crippen LogP contribution in [0.4, 0.5) is 5.82 Å². The maximum atomic E-state index is 12.9. The van der Waals surface area contributed by atoms with E-state index in [-0.39, 0.29) is 17.3 Å². The highest BCUT2D eigenvalue weighted by Gasteiger charge is 2.26. The summed E-state index contributed by atoms with van der Waals surface area (Å²) in [6.45, 7) is 3.05. The third kappa shape index (κ3) is 4.45. The summed E-state index contributed by atoms with van der Waals surface area (Å²) in [7, 11) is 0. The van der Waals surface area contributed by atoms with Crippen molar-refractivity contribution in [1.29, 1.82) is 0 Å².